The normalized spacial score (nSPS) is 12.0. The van der Waals surface area contributed by atoms with E-state index in [0.29, 0.717) is 12.0 Å². The number of aliphatic carboxylic acids is 1. The van der Waals surface area contributed by atoms with Gasteiger partial charge >= 0.3 is 5.97 Å². The number of aromatic amines is 1. The molecule has 1 aromatic carbocycles. The first-order chi connectivity index (χ1) is 14.1. The van der Waals surface area contributed by atoms with Crippen LogP contribution in [0.3, 0.4) is 0 Å². The van der Waals surface area contributed by atoms with Gasteiger partial charge in [0, 0.05) is 29.8 Å². The molecule has 6 heteroatoms. The maximum absolute atomic E-state index is 11.5. The molecule has 0 fully saturated rings. The molecule has 29 heavy (non-hydrogen) atoms. The third-order valence-electron chi connectivity index (χ3n) is 5.27. The monoisotopic (exact) mass is 384 g/mol. The molecule has 0 aliphatic rings. The molecular weight excluding hydrogens is 364 g/mol. The van der Waals surface area contributed by atoms with Gasteiger partial charge in [-0.25, -0.2) is 4.98 Å². The van der Waals surface area contributed by atoms with Gasteiger partial charge in [0.2, 0.25) is 0 Å². The van der Waals surface area contributed by atoms with E-state index in [1.165, 1.54) is 0 Å². The number of nitrogens with zero attached hydrogens (tertiary/aromatic N) is 3. The van der Waals surface area contributed by atoms with Crippen LogP contribution < -0.4 is 0 Å². The summed E-state index contributed by atoms with van der Waals surface area (Å²) >= 11 is 0. The number of carboxylic acid groups (broad SMARTS) is 1. The molecule has 3 heterocycles. The highest BCUT2D eigenvalue weighted by Crippen LogP contribution is 2.34. The SMILES string of the molecule is Cc1c(CC(=O)O)c2ccc(C#N)cn2c1C(Cc1ccccc1)c1ncc[nH]1. The minimum Gasteiger partial charge on any atom is -0.481 e. The van der Waals surface area contributed by atoms with E-state index in [9.17, 15) is 15.2 Å². The first-order valence-corrected chi connectivity index (χ1v) is 9.37. The fraction of sp³-hybridized carbons (Fsp3) is 0.174. The van der Waals surface area contributed by atoms with Crippen LogP contribution in [0.5, 0.6) is 0 Å². The third kappa shape index (κ3) is 3.50. The van der Waals surface area contributed by atoms with Gasteiger partial charge in [-0.2, -0.15) is 5.26 Å². The van der Waals surface area contributed by atoms with Gasteiger partial charge < -0.3 is 14.5 Å². The van der Waals surface area contributed by atoms with Crippen molar-refractivity contribution in [3.05, 3.63) is 94.8 Å². The van der Waals surface area contributed by atoms with Gasteiger partial charge in [0.1, 0.15) is 11.9 Å². The van der Waals surface area contributed by atoms with Gasteiger partial charge in [0.15, 0.2) is 0 Å². The molecule has 4 rings (SSSR count). The Hall–Kier alpha value is -3.85. The quantitative estimate of drug-likeness (QED) is 0.528. The zero-order valence-electron chi connectivity index (χ0n) is 16.0. The van der Waals surface area contributed by atoms with Crippen LogP contribution in [0.15, 0.2) is 61.1 Å². The Kier molecular flexibility index (Phi) is 4.88. The number of imidazole rings is 1. The van der Waals surface area contributed by atoms with Crippen molar-refractivity contribution in [1.82, 2.24) is 14.4 Å². The Morgan fingerprint density at radius 3 is 2.72 bits per heavy atom. The Bertz CT molecular complexity index is 1200. The Balaban J connectivity index is 1.96. The second-order valence-electron chi connectivity index (χ2n) is 7.06. The molecule has 3 aromatic heterocycles. The van der Waals surface area contributed by atoms with Crippen LogP contribution >= 0.6 is 0 Å². The number of hydrogen-bond donors (Lipinski definition) is 2. The molecule has 0 radical (unpaired) electrons. The number of hydrogen-bond acceptors (Lipinski definition) is 3. The maximum atomic E-state index is 11.5. The van der Waals surface area contributed by atoms with Crippen LogP contribution in [0.4, 0.5) is 0 Å². The number of fused-ring (bicyclic) bond motifs is 1. The molecule has 0 aliphatic carbocycles. The van der Waals surface area contributed by atoms with Crippen molar-refractivity contribution < 1.29 is 9.90 Å². The van der Waals surface area contributed by atoms with E-state index in [4.69, 9.17) is 0 Å². The summed E-state index contributed by atoms with van der Waals surface area (Å²) in [5, 5.41) is 18.8. The molecule has 0 aliphatic heterocycles. The van der Waals surface area contributed by atoms with E-state index in [2.05, 4.69) is 28.2 Å². The van der Waals surface area contributed by atoms with E-state index in [-0.39, 0.29) is 12.3 Å². The number of pyridine rings is 1. The van der Waals surface area contributed by atoms with Crippen LogP contribution in [0.2, 0.25) is 0 Å². The number of rotatable bonds is 6. The van der Waals surface area contributed by atoms with E-state index in [1.807, 2.05) is 35.6 Å². The van der Waals surface area contributed by atoms with Gasteiger partial charge in [-0.15, -0.1) is 0 Å². The molecule has 144 valence electrons. The third-order valence-corrected chi connectivity index (χ3v) is 5.27. The summed E-state index contributed by atoms with van der Waals surface area (Å²) < 4.78 is 1.96. The van der Waals surface area contributed by atoms with Crippen molar-refractivity contribution in [1.29, 1.82) is 5.26 Å². The molecule has 4 aromatic rings. The first-order valence-electron chi connectivity index (χ1n) is 9.37. The number of benzene rings is 1. The van der Waals surface area contributed by atoms with Gasteiger partial charge in [-0.1, -0.05) is 30.3 Å². The van der Waals surface area contributed by atoms with E-state index >= 15 is 0 Å². The van der Waals surface area contributed by atoms with Crippen molar-refractivity contribution in [3.63, 3.8) is 0 Å². The molecular formula is C23H20N4O2. The standard InChI is InChI=1S/C23H20N4O2/c1-15-18(12-21(28)29)20-8-7-17(13-24)14-27(20)22(15)19(23-25-9-10-26-23)11-16-5-3-2-4-6-16/h2-10,14,19H,11-12H2,1H3,(H,25,26)(H,28,29). The lowest BCUT2D eigenvalue weighted by atomic mass is 9.92. The fourth-order valence-corrected chi connectivity index (χ4v) is 3.98. The molecule has 0 saturated carbocycles. The van der Waals surface area contributed by atoms with Crippen LogP contribution in [0.1, 0.15) is 39.7 Å². The van der Waals surface area contributed by atoms with Crippen LogP contribution in [0.25, 0.3) is 5.52 Å². The Labute approximate surface area is 168 Å². The summed E-state index contributed by atoms with van der Waals surface area (Å²) in [5.41, 5.74) is 5.12. The summed E-state index contributed by atoms with van der Waals surface area (Å²) in [6.07, 6.45) is 5.92. The summed E-state index contributed by atoms with van der Waals surface area (Å²) in [7, 11) is 0. The van der Waals surface area contributed by atoms with Crippen LogP contribution in [-0.4, -0.2) is 25.4 Å². The summed E-state index contributed by atoms with van der Waals surface area (Å²) in [6.45, 7) is 1.95. The molecule has 0 spiro atoms. The van der Waals surface area contributed by atoms with Crippen molar-refractivity contribution in [2.24, 2.45) is 0 Å². The van der Waals surface area contributed by atoms with Gasteiger partial charge in [0.25, 0.3) is 0 Å². The minimum absolute atomic E-state index is 0.0720. The second kappa shape index (κ2) is 7.64. The predicted octanol–water partition coefficient (Wildman–Crippen LogP) is 3.84. The molecule has 1 atom stereocenters. The number of nitrogens with one attached hydrogen (secondary N) is 1. The maximum Gasteiger partial charge on any atom is 0.307 e. The largest absolute Gasteiger partial charge is 0.481 e. The van der Waals surface area contributed by atoms with Crippen molar-refractivity contribution in [2.45, 2.75) is 25.7 Å². The summed E-state index contributed by atoms with van der Waals surface area (Å²) in [6, 6.07) is 15.9. The van der Waals surface area contributed by atoms with E-state index < -0.39 is 5.97 Å². The zero-order valence-corrected chi connectivity index (χ0v) is 16.0. The van der Waals surface area contributed by atoms with Gasteiger partial charge in [-0.3, -0.25) is 4.79 Å². The second-order valence-corrected chi connectivity index (χ2v) is 7.06. The lowest BCUT2D eigenvalue weighted by Gasteiger charge is -2.17. The molecule has 2 N–H and O–H groups in total. The lowest BCUT2D eigenvalue weighted by molar-refractivity contribution is -0.136. The fourth-order valence-electron chi connectivity index (χ4n) is 3.98. The summed E-state index contributed by atoms with van der Waals surface area (Å²) in [5.74, 6) is -0.189. The highest BCUT2D eigenvalue weighted by atomic mass is 16.4. The average molecular weight is 384 g/mol. The van der Waals surface area contributed by atoms with E-state index in [0.717, 1.165) is 33.7 Å². The first kappa shape index (κ1) is 18.5. The van der Waals surface area contributed by atoms with Gasteiger partial charge in [0.05, 0.1) is 17.9 Å². The number of carboxylic acids is 1. The topological polar surface area (TPSA) is 94.2 Å². The highest BCUT2D eigenvalue weighted by Gasteiger charge is 2.26. The van der Waals surface area contributed by atoms with Crippen molar-refractivity contribution >= 4 is 11.5 Å². The van der Waals surface area contributed by atoms with Crippen LogP contribution in [-0.2, 0) is 17.6 Å². The predicted molar refractivity (Wildman–Crippen MR) is 109 cm³/mol. The zero-order chi connectivity index (χ0) is 20.4. The van der Waals surface area contributed by atoms with Crippen molar-refractivity contribution in [2.75, 3.05) is 0 Å². The minimum atomic E-state index is -0.880. The highest BCUT2D eigenvalue weighted by molar-refractivity contribution is 5.77. The molecule has 0 saturated heterocycles. The van der Waals surface area contributed by atoms with Crippen LogP contribution in [0, 0.1) is 18.3 Å². The lowest BCUT2D eigenvalue weighted by Crippen LogP contribution is -2.11. The van der Waals surface area contributed by atoms with Gasteiger partial charge in [-0.05, 0) is 42.2 Å². The van der Waals surface area contributed by atoms with Crippen molar-refractivity contribution in [3.8, 4) is 6.07 Å². The molecule has 0 bridgehead atoms. The Morgan fingerprint density at radius 1 is 1.28 bits per heavy atom. The summed E-state index contributed by atoms with van der Waals surface area (Å²) in [4.78, 5) is 19.2. The molecule has 6 nitrogen and oxygen atoms in total. The number of aromatic nitrogens is 3. The number of nitriles is 1. The number of carbonyl (C=O) groups is 1. The van der Waals surface area contributed by atoms with E-state index in [1.54, 1.807) is 24.7 Å². The molecule has 1 unspecified atom stereocenters. The smallest absolute Gasteiger partial charge is 0.307 e. The Morgan fingerprint density at radius 2 is 2.07 bits per heavy atom. The average Bonchev–Trinajstić information content (AvgIpc) is 3.34. The number of H-pyrrole nitrogens is 1. The molecule has 0 amide bonds.